The molecule has 0 bridgehead atoms. The van der Waals surface area contributed by atoms with Crippen LogP contribution in [-0.4, -0.2) is 13.0 Å². The van der Waals surface area contributed by atoms with Gasteiger partial charge in [0, 0.05) is 5.69 Å². The van der Waals surface area contributed by atoms with E-state index in [-0.39, 0.29) is 5.57 Å². The molecule has 1 N–H and O–H groups in total. The number of aryl methyl sites for hydroxylation is 1. The number of hydrogen-bond acceptors (Lipinski definition) is 3. The number of carbonyl (C=O) groups is 1. The molecule has 0 aliphatic carbocycles. The number of ether oxygens (including phenoxy) is 1. The van der Waals surface area contributed by atoms with Crippen LogP contribution in [0.5, 0.6) is 5.75 Å². The summed E-state index contributed by atoms with van der Waals surface area (Å²) in [6.07, 6.45) is 1.59. The van der Waals surface area contributed by atoms with Crippen LogP contribution in [0.3, 0.4) is 0 Å². The second-order valence-corrected chi connectivity index (χ2v) is 5.91. The molecule has 0 saturated heterocycles. The molecule has 4 heteroatoms. The molecule has 4 nitrogen and oxygen atoms in total. The summed E-state index contributed by atoms with van der Waals surface area (Å²) in [7, 11) is 1.63. The van der Waals surface area contributed by atoms with Crippen molar-refractivity contribution in [2.75, 3.05) is 12.4 Å². The van der Waals surface area contributed by atoms with Crippen LogP contribution in [0.15, 0.2) is 66.2 Å². The maximum absolute atomic E-state index is 12.4. The summed E-state index contributed by atoms with van der Waals surface area (Å²) in [6, 6.07) is 21.0. The summed E-state index contributed by atoms with van der Waals surface area (Å²) < 4.78 is 5.22. The lowest BCUT2D eigenvalue weighted by molar-refractivity contribution is -0.112. The zero-order valence-electron chi connectivity index (χ0n) is 14.6. The van der Waals surface area contributed by atoms with Gasteiger partial charge < -0.3 is 10.1 Å². The lowest BCUT2D eigenvalue weighted by atomic mass is 10.0. The SMILES string of the molecule is COc1ccc2cc(/C=C(\C#N)C(=O)Nc3ccccc3C)ccc2c1. The van der Waals surface area contributed by atoms with Crippen molar-refractivity contribution in [3.05, 3.63) is 77.4 Å². The van der Waals surface area contributed by atoms with Gasteiger partial charge in [-0.3, -0.25) is 4.79 Å². The standard InChI is InChI=1S/C22H18N2O2/c1-15-5-3-4-6-21(15)24-22(25)19(14-23)12-16-7-8-18-13-20(26-2)10-9-17(18)11-16/h3-13H,1-2H3,(H,24,25)/b19-12+. The number of nitriles is 1. The predicted molar refractivity (Wildman–Crippen MR) is 104 cm³/mol. The van der Waals surface area contributed by atoms with Gasteiger partial charge in [-0.2, -0.15) is 5.26 Å². The van der Waals surface area contributed by atoms with Crippen molar-refractivity contribution < 1.29 is 9.53 Å². The molecule has 26 heavy (non-hydrogen) atoms. The second kappa shape index (κ2) is 7.54. The number of carbonyl (C=O) groups excluding carboxylic acids is 1. The van der Waals surface area contributed by atoms with Crippen LogP contribution < -0.4 is 10.1 Å². The number of methoxy groups -OCH3 is 1. The topological polar surface area (TPSA) is 62.1 Å². The zero-order valence-corrected chi connectivity index (χ0v) is 14.6. The van der Waals surface area contributed by atoms with E-state index in [9.17, 15) is 10.1 Å². The van der Waals surface area contributed by atoms with Gasteiger partial charge in [-0.1, -0.05) is 36.4 Å². The Bertz CT molecular complexity index is 1050. The summed E-state index contributed by atoms with van der Waals surface area (Å²) in [4.78, 5) is 12.4. The van der Waals surface area contributed by atoms with Crippen LogP contribution in [0.25, 0.3) is 16.8 Å². The van der Waals surface area contributed by atoms with Crippen molar-refractivity contribution in [1.29, 1.82) is 5.26 Å². The smallest absolute Gasteiger partial charge is 0.266 e. The number of amides is 1. The molecule has 0 atom stereocenters. The number of nitrogens with zero attached hydrogens (tertiary/aromatic N) is 1. The molecule has 0 spiro atoms. The van der Waals surface area contributed by atoms with E-state index in [1.165, 1.54) is 0 Å². The highest BCUT2D eigenvalue weighted by Crippen LogP contribution is 2.23. The molecule has 0 aliphatic rings. The molecule has 0 unspecified atom stereocenters. The summed E-state index contributed by atoms with van der Waals surface area (Å²) in [6.45, 7) is 1.91. The average molecular weight is 342 g/mol. The van der Waals surface area contributed by atoms with Crippen molar-refractivity contribution in [2.45, 2.75) is 6.92 Å². The van der Waals surface area contributed by atoms with E-state index in [1.807, 2.05) is 73.7 Å². The molecule has 0 saturated carbocycles. The minimum Gasteiger partial charge on any atom is -0.497 e. The second-order valence-electron chi connectivity index (χ2n) is 5.91. The lowest BCUT2D eigenvalue weighted by Gasteiger charge is -2.07. The summed E-state index contributed by atoms with van der Waals surface area (Å²) in [5.74, 6) is 0.368. The van der Waals surface area contributed by atoms with Gasteiger partial charge in [0.15, 0.2) is 0 Å². The first kappa shape index (κ1) is 17.2. The number of para-hydroxylation sites is 1. The predicted octanol–water partition coefficient (Wildman–Crippen LogP) is 4.70. The quantitative estimate of drug-likeness (QED) is 0.552. The van der Waals surface area contributed by atoms with E-state index in [1.54, 1.807) is 13.2 Å². The molecular formula is C22H18N2O2. The molecule has 3 aromatic carbocycles. The van der Waals surface area contributed by atoms with Gasteiger partial charge in [0.2, 0.25) is 0 Å². The Morgan fingerprint density at radius 1 is 1.08 bits per heavy atom. The fourth-order valence-electron chi connectivity index (χ4n) is 2.68. The van der Waals surface area contributed by atoms with E-state index in [4.69, 9.17) is 4.74 Å². The summed E-state index contributed by atoms with van der Waals surface area (Å²) in [5, 5.41) is 14.2. The van der Waals surface area contributed by atoms with E-state index >= 15 is 0 Å². The van der Waals surface area contributed by atoms with E-state index in [2.05, 4.69) is 5.32 Å². The Balaban J connectivity index is 1.88. The Labute approximate surface area is 152 Å². The molecule has 0 fully saturated rings. The molecule has 1 amide bonds. The highest BCUT2D eigenvalue weighted by atomic mass is 16.5. The maximum Gasteiger partial charge on any atom is 0.266 e. The number of nitrogens with one attached hydrogen (secondary N) is 1. The summed E-state index contributed by atoms with van der Waals surface area (Å²) in [5.41, 5.74) is 2.49. The van der Waals surface area contributed by atoms with Crippen LogP contribution in [-0.2, 0) is 4.79 Å². The number of rotatable bonds is 4. The van der Waals surface area contributed by atoms with Gasteiger partial charge in [0.1, 0.15) is 17.4 Å². The van der Waals surface area contributed by atoms with Crippen molar-refractivity contribution in [3.63, 3.8) is 0 Å². The minimum absolute atomic E-state index is 0.0566. The van der Waals surface area contributed by atoms with Gasteiger partial charge in [-0.05, 0) is 59.2 Å². The molecule has 128 valence electrons. The molecule has 3 rings (SSSR count). The number of benzene rings is 3. The van der Waals surface area contributed by atoms with Gasteiger partial charge in [0.05, 0.1) is 7.11 Å². The third-order valence-electron chi connectivity index (χ3n) is 4.14. The largest absolute Gasteiger partial charge is 0.497 e. The Morgan fingerprint density at radius 3 is 2.54 bits per heavy atom. The average Bonchev–Trinajstić information content (AvgIpc) is 2.67. The van der Waals surface area contributed by atoms with Crippen molar-refractivity contribution in [2.24, 2.45) is 0 Å². The van der Waals surface area contributed by atoms with Gasteiger partial charge in [-0.25, -0.2) is 0 Å². The highest BCUT2D eigenvalue weighted by Gasteiger charge is 2.10. The highest BCUT2D eigenvalue weighted by molar-refractivity contribution is 6.10. The Hall–Kier alpha value is -3.58. The first-order valence-corrected chi connectivity index (χ1v) is 8.17. The fraction of sp³-hybridized carbons (Fsp3) is 0.0909. The zero-order chi connectivity index (χ0) is 18.5. The molecule has 3 aromatic rings. The lowest BCUT2D eigenvalue weighted by Crippen LogP contribution is -2.14. The fourth-order valence-corrected chi connectivity index (χ4v) is 2.68. The number of fused-ring (bicyclic) bond motifs is 1. The first-order valence-electron chi connectivity index (χ1n) is 8.17. The van der Waals surface area contributed by atoms with Gasteiger partial charge >= 0.3 is 0 Å². The van der Waals surface area contributed by atoms with Crippen molar-refractivity contribution >= 4 is 28.4 Å². The third kappa shape index (κ3) is 3.73. The first-order chi connectivity index (χ1) is 12.6. The van der Waals surface area contributed by atoms with E-state index in [0.29, 0.717) is 5.69 Å². The molecule has 0 radical (unpaired) electrons. The Morgan fingerprint density at radius 2 is 1.81 bits per heavy atom. The monoisotopic (exact) mass is 342 g/mol. The molecular weight excluding hydrogens is 324 g/mol. The van der Waals surface area contributed by atoms with Gasteiger partial charge in [-0.15, -0.1) is 0 Å². The van der Waals surface area contributed by atoms with Crippen molar-refractivity contribution in [3.8, 4) is 11.8 Å². The van der Waals surface area contributed by atoms with Gasteiger partial charge in [0.25, 0.3) is 5.91 Å². The number of anilines is 1. The molecule has 0 aliphatic heterocycles. The van der Waals surface area contributed by atoms with Crippen molar-refractivity contribution in [1.82, 2.24) is 0 Å². The third-order valence-corrected chi connectivity index (χ3v) is 4.14. The molecule has 0 heterocycles. The van der Waals surface area contributed by atoms with E-state index in [0.717, 1.165) is 27.6 Å². The van der Waals surface area contributed by atoms with Crippen LogP contribution in [0.2, 0.25) is 0 Å². The maximum atomic E-state index is 12.4. The Kier molecular flexibility index (Phi) is 5.00. The number of hydrogen-bond donors (Lipinski definition) is 1. The molecule has 0 aromatic heterocycles. The van der Waals surface area contributed by atoms with Crippen LogP contribution in [0.4, 0.5) is 5.69 Å². The van der Waals surface area contributed by atoms with Crippen LogP contribution in [0, 0.1) is 18.3 Å². The van der Waals surface area contributed by atoms with Crippen LogP contribution in [0.1, 0.15) is 11.1 Å². The van der Waals surface area contributed by atoms with E-state index < -0.39 is 5.91 Å². The van der Waals surface area contributed by atoms with Crippen LogP contribution >= 0.6 is 0 Å². The summed E-state index contributed by atoms with van der Waals surface area (Å²) >= 11 is 0. The normalized spacial score (nSPS) is 11.0. The minimum atomic E-state index is -0.420.